The third-order valence-electron chi connectivity index (χ3n) is 3.55. The first-order valence-corrected chi connectivity index (χ1v) is 8.46. The largest absolute Gasteiger partial charge is 0.492 e. The van der Waals surface area contributed by atoms with E-state index in [2.05, 4.69) is 12.1 Å². The Hall–Kier alpha value is -1.70. The second-order valence-corrected chi connectivity index (χ2v) is 5.84. The van der Waals surface area contributed by atoms with E-state index in [1.807, 2.05) is 62.4 Å². The molecule has 0 heterocycles. The molecule has 0 spiro atoms. The number of ether oxygens (including phenoxy) is 1. The van der Waals surface area contributed by atoms with Gasteiger partial charge in [0.1, 0.15) is 12.4 Å². The highest BCUT2D eigenvalue weighted by molar-refractivity contribution is 6.35. The lowest BCUT2D eigenvalue weighted by Gasteiger charge is -2.13. The first kappa shape index (κ1) is 17.7. The Morgan fingerprint density at radius 1 is 1.00 bits per heavy atom. The third-order valence-corrected chi connectivity index (χ3v) is 4.19. The summed E-state index contributed by atoms with van der Waals surface area (Å²) in [4.78, 5) is 0. The number of halogens is 2. The van der Waals surface area contributed by atoms with E-state index in [9.17, 15) is 0 Å². The van der Waals surface area contributed by atoms with Crippen LogP contribution < -0.4 is 4.74 Å². The van der Waals surface area contributed by atoms with Gasteiger partial charge in [-0.25, -0.2) is 0 Å². The van der Waals surface area contributed by atoms with Gasteiger partial charge in [0.25, 0.3) is 0 Å². The molecule has 3 heteroatoms. The molecular weight excluding hydrogens is 327 g/mol. The summed E-state index contributed by atoms with van der Waals surface area (Å²) in [7, 11) is 0. The molecule has 0 bridgehead atoms. The predicted octanol–water partition coefficient (Wildman–Crippen LogP) is 6.27. The molecule has 0 aliphatic heterocycles. The zero-order valence-corrected chi connectivity index (χ0v) is 14.9. The van der Waals surface area contributed by atoms with E-state index in [1.165, 1.54) is 0 Å². The van der Waals surface area contributed by atoms with Gasteiger partial charge in [0.05, 0.1) is 10.9 Å². The Morgan fingerprint density at radius 2 is 1.61 bits per heavy atom. The summed E-state index contributed by atoms with van der Waals surface area (Å²) in [6, 6.07) is 18.1. The lowest BCUT2D eigenvalue weighted by molar-refractivity contribution is 0.343. The smallest absolute Gasteiger partial charge is 0.119 e. The summed E-state index contributed by atoms with van der Waals surface area (Å²) in [5.41, 5.74) is 4.22. The first-order chi connectivity index (χ1) is 11.2. The molecule has 23 heavy (non-hydrogen) atoms. The van der Waals surface area contributed by atoms with Crippen molar-refractivity contribution in [2.45, 2.75) is 13.8 Å². The van der Waals surface area contributed by atoms with Crippen LogP contribution in [0.25, 0.3) is 5.57 Å². The highest BCUT2D eigenvalue weighted by Gasteiger charge is 2.11. The maximum absolute atomic E-state index is 6.65. The van der Waals surface area contributed by atoms with Crippen molar-refractivity contribution in [1.29, 1.82) is 0 Å². The van der Waals surface area contributed by atoms with Gasteiger partial charge in [0, 0.05) is 5.57 Å². The Bertz CT molecular complexity index is 685. The summed E-state index contributed by atoms with van der Waals surface area (Å²) in [6.45, 7) is 4.51. The average Bonchev–Trinajstić information content (AvgIpc) is 2.61. The third kappa shape index (κ3) is 4.63. The normalized spacial score (nSPS) is 12.8. The van der Waals surface area contributed by atoms with Gasteiger partial charge in [-0.05, 0) is 42.7 Å². The highest BCUT2D eigenvalue weighted by atomic mass is 35.5. The monoisotopic (exact) mass is 346 g/mol. The van der Waals surface area contributed by atoms with Gasteiger partial charge in [0.2, 0.25) is 0 Å². The van der Waals surface area contributed by atoms with Gasteiger partial charge >= 0.3 is 0 Å². The van der Waals surface area contributed by atoms with Crippen LogP contribution in [0.15, 0.2) is 71.3 Å². The molecule has 0 atom stereocenters. The lowest BCUT2D eigenvalue weighted by Crippen LogP contribution is -1.98. The van der Waals surface area contributed by atoms with Crippen molar-refractivity contribution in [1.82, 2.24) is 0 Å². The zero-order chi connectivity index (χ0) is 16.7. The van der Waals surface area contributed by atoms with Crippen molar-refractivity contribution in [3.05, 3.63) is 82.4 Å². The summed E-state index contributed by atoms with van der Waals surface area (Å²) in [5.74, 6) is 1.28. The molecule has 0 N–H and O–H groups in total. The van der Waals surface area contributed by atoms with Crippen LogP contribution in [0.1, 0.15) is 25.0 Å². The van der Waals surface area contributed by atoms with E-state index < -0.39 is 0 Å². The summed E-state index contributed by atoms with van der Waals surface area (Å²) >= 11 is 12.3. The van der Waals surface area contributed by atoms with Gasteiger partial charge in [-0.3, -0.25) is 0 Å². The van der Waals surface area contributed by atoms with Crippen molar-refractivity contribution < 1.29 is 4.74 Å². The Kier molecular flexibility index (Phi) is 6.76. The van der Waals surface area contributed by atoms with Crippen LogP contribution in [0.2, 0.25) is 0 Å². The number of rotatable bonds is 6. The van der Waals surface area contributed by atoms with Crippen LogP contribution in [0.5, 0.6) is 5.75 Å². The second kappa shape index (κ2) is 8.81. The molecule has 2 aromatic carbocycles. The van der Waals surface area contributed by atoms with Crippen molar-refractivity contribution in [3.8, 4) is 5.75 Å². The van der Waals surface area contributed by atoms with E-state index in [0.717, 1.165) is 33.1 Å². The SMILES string of the molecule is C/C=C(C)/C(Cl)=C(/c1ccccc1)c1ccc(OCCCl)cc1. The molecule has 0 aromatic heterocycles. The van der Waals surface area contributed by atoms with Crippen LogP contribution in [0.3, 0.4) is 0 Å². The molecule has 0 aliphatic rings. The zero-order valence-electron chi connectivity index (χ0n) is 13.4. The van der Waals surface area contributed by atoms with Gasteiger partial charge in [0.15, 0.2) is 0 Å². The number of alkyl halides is 1. The van der Waals surface area contributed by atoms with Gasteiger partial charge in [-0.1, -0.05) is 60.1 Å². The molecule has 0 saturated heterocycles. The topological polar surface area (TPSA) is 9.23 Å². The molecule has 0 aliphatic carbocycles. The Balaban J connectivity index is 2.47. The van der Waals surface area contributed by atoms with Gasteiger partial charge < -0.3 is 4.74 Å². The van der Waals surface area contributed by atoms with Gasteiger partial charge in [-0.2, -0.15) is 0 Å². The molecular formula is C20H20Cl2O. The van der Waals surface area contributed by atoms with Crippen molar-refractivity contribution in [3.63, 3.8) is 0 Å². The van der Waals surface area contributed by atoms with Crippen LogP contribution in [-0.4, -0.2) is 12.5 Å². The van der Waals surface area contributed by atoms with E-state index in [-0.39, 0.29) is 0 Å². The molecule has 0 unspecified atom stereocenters. The lowest BCUT2D eigenvalue weighted by atomic mass is 9.95. The maximum Gasteiger partial charge on any atom is 0.119 e. The van der Waals surface area contributed by atoms with Crippen LogP contribution >= 0.6 is 23.2 Å². The van der Waals surface area contributed by atoms with Crippen LogP contribution in [-0.2, 0) is 0 Å². The minimum absolute atomic E-state index is 0.475. The van der Waals surface area contributed by atoms with Crippen molar-refractivity contribution in [2.75, 3.05) is 12.5 Å². The van der Waals surface area contributed by atoms with E-state index in [0.29, 0.717) is 12.5 Å². The van der Waals surface area contributed by atoms with Crippen molar-refractivity contribution in [2.24, 2.45) is 0 Å². The molecule has 0 fully saturated rings. The molecule has 2 aromatic rings. The van der Waals surface area contributed by atoms with E-state index in [1.54, 1.807) is 0 Å². The average molecular weight is 347 g/mol. The summed E-state index contributed by atoms with van der Waals surface area (Å²) < 4.78 is 5.53. The maximum atomic E-state index is 6.65. The minimum atomic E-state index is 0.475. The molecule has 1 nitrogen and oxygen atoms in total. The quantitative estimate of drug-likeness (QED) is 0.442. The highest BCUT2D eigenvalue weighted by Crippen LogP contribution is 2.33. The predicted molar refractivity (Wildman–Crippen MR) is 100 cm³/mol. The number of hydrogen-bond acceptors (Lipinski definition) is 1. The fraction of sp³-hybridized carbons (Fsp3) is 0.200. The molecule has 0 radical (unpaired) electrons. The van der Waals surface area contributed by atoms with Crippen LogP contribution in [0.4, 0.5) is 0 Å². The number of allylic oxidation sites excluding steroid dienone is 3. The van der Waals surface area contributed by atoms with E-state index >= 15 is 0 Å². The second-order valence-electron chi connectivity index (χ2n) is 5.09. The molecule has 120 valence electrons. The Morgan fingerprint density at radius 3 is 2.17 bits per heavy atom. The van der Waals surface area contributed by atoms with Gasteiger partial charge in [-0.15, -0.1) is 11.6 Å². The Labute approximate surface area is 148 Å². The molecule has 2 rings (SSSR count). The van der Waals surface area contributed by atoms with Crippen LogP contribution in [0, 0.1) is 0 Å². The minimum Gasteiger partial charge on any atom is -0.492 e. The summed E-state index contributed by atoms with van der Waals surface area (Å²) in [6.07, 6.45) is 2.02. The van der Waals surface area contributed by atoms with Crippen molar-refractivity contribution >= 4 is 28.8 Å². The molecule has 0 saturated carbocycles. The number of hydrogen-bond donors (Lipinski definition) is 0. The molecule has 0 amide bonds. The fourth-order valence-electron chi connectivity index (χ4n) is 2.22. The summed E-state index contributed by atoms with van der Waals surface area (Å²) in [5, 5.41) is 0.758. The number of benzene rings is 2. The first-order valence-electron chi connectivity index (χ1n) is 7.55. The standard InChI is InChI=1S/C20H20Cl2O/c1-3-15(2)20(22)19(16-7-5-4-6-8-16)17-9-11-18(12-10-17)23-14-13-21/h3-12H,13-14H2,1-2H3/b15-3+,20-19+. The fourth-order valence-corrected chi connectivity index (χ4v) is 2.63. The van der Waals surface area contributed by atoms with E-state index in [4.69, 9.17) is 27.9 Å².